The van der Waals surface area contributed by atoms with E-state index < -0.39 is 17.3 Å². The molecule has 0 atom stereocenters. The first-order valence-electron chi connectivity index (χ1n) is 7.48. The van der Waals surface area contributed by atoms with E-state index in [4.69, 9.17) is 12.3 Å². The number of ketones is 3. The Morgan fingerprint density at radius 1 is 1.15 bits per heavy atom. The molecule has 2 aromatic heterocycles. The number of hydrogen-bond donors (Lipinski definition) is 0. The molecule has 4 rings (SSSR count). The summed E-state index contributed by atoms with van der Waals surface area (Å²) in [5.74, 6) is -2.05. The smallest absolute Gasteiger partial charge is 0.236 e. The lowest BCUT2D eigenvalue weighted by molar-refractivity contribution is -0.111. The fraction of sp³-hybridized carbons (Fsp3) is 0. The van der Waals surface area contributed by atoms with Crippen molar-refractivity contribution in [3.63, 3.8) is 0 Å². The molecule has 6 nitrogen and oxygen atoms in total. The van der Waals surface area contributed by atoms with Crippen LogP contribution in [0.1, 0.15) is 32.0 Å². The fourth-order valence-electron chi connectivity index (χ4n) is 2.72. The summed E-state index contributed by atoms with van der Waals surface area (Å²) in [6.07, 6.45) is 6.24. The number of allylic oxidation sites excluding steroid dienone is 1. The summed E-state index contributed by atoms with van der Waals surface area (Å²) in [5.41, 5.74) is 0.910. The summed E-state index contributed by atoms with van der Waals surface area (Å²) in [4.78, 5) is 41.0. The molecule has 0 bridgehead atoms. The van der Waals surface area contributed by atoms with Gasteiger partial charge in [0.1, 0.15) is 14.1 Å². The third-order valence-electron chi connectivity index (χ3n) is 4.08. The molecule has 1 aliphatic rings. The van der Waals surface area contributed by atoms with E-state index in [1.165, 1.54) is 6.26 Å². The first-order valence-corrected chi connectivity index (χ1v) is 8.27. The summed E-state index contributed by atoms with van der Waals surface area (Å²) >= 11 is 3.14. The summed E-state index contributed by atoms with van der Waals surface area (Å²) in [6, 6.07) is 6.77. The van der Waals surface area contributed by atoms with Gasteiger partial charge in [-0.05, 0) is 45.7 Å². The van der Waals surface area contributed by atoms with Crippen molar-refractivity contribution < 1.29 is 18.8 Å². The molecule has 1 aromatic carbocycles. The van der Waals surface area contributed by atoms with Crippen molar-refractivity contribution in [1.29, 1.82) is 0 Å². The van der Waals surface area contributed by atoms with E-state index in [1.54, 1.807) is 47.6 Å². The molecule has 0 saturated carbocycles. The minimum Gasteiger partial charge on any atom is -0.462 e. The number of benzene rings is 1. The van der Waals surface area contributed by atoms with Gasteiger partial charge in [-0.25, -0.2) is 4.98 Å². The number of fused-ring (bicyclic) bond motifs is 1. The lowest BCUT2D eigenvalue weighted by Gasteiger charge is -2.12. The first kappa shape index (κ1) is 16.5. The van der Waals surface area contributed by atoms with Gasteiger partial charge in [-0.15, -0.1) is 0 Å². The molecule has 0 aliphatic heterocycles. The molecule has 1 aliphatic carbocycles. The van der Waals surface area contributed by atoms with Crippen LogP contribution in [0.4, 0.5) is 0 Å². The van der Waals surface area contributed by atoms with Crippen molar-refractivity contribution in [2.75, 3.05) is 0 Å². The number of rotatable bonds is 3. The third kappa shape index (κ3) is 2.41. The standard InChI is InChI=1S/C18H8BBrN2O4/c19-13-14(20)18-12(16(24)17(13)25)11(7-26-18)15(23)9-1-3-10(4-2-9)22-6-5-21-8-22/h1-8H. The minimum absolute atomic E-state index is 0.0261. The third-order valence-corrected chi connectivity index (χ3v) is 4.87. The van der Waals surface area contributed by atoms with Crippen LogP contribution in [0.2, 0.25) is 0 Å². The Labute approximate surface area is 157 Å². The van der Waals surface area contributed by atoms with Crippen molar-refractivity contribution >= 4 is 45.6 Å². The van der Waals surface area contributed by atoms with Crippen LogP contribution in [0.25, 0.3) is 10.2 Å². The Balaban J connectivity index is 1.74. The predicted octanol–water partition coefficient (Wildman–Crippen LogP) is 2.69. The number of carbonyl (C=O) groups excluding carboxylic acids is 3. The molecule has 0 saturated heterocycles. The number of aromatic nitrogens is 2. The normalized spacial score (nSPS) is 13.9. The fourth-order valence-corrected chi connectivity index (χ4v) is 3.19. The largest absolute Gasteiger partial charge is 0.462 e. The van der Waals surface area contributed by atoms with Crippen molar-refractivity contribution in [2.45, 2.75) is 0 Å². The highest BCUT2D eigenvalue weighted by molar-refractivity contribution is 9.15. The number of carbonyl (C=O) groups is 3. The Kier molecular flexibility index (Phi) is 3.84. The zero-order valence-corrected chi connectivity index (χ0v) is 14.7. The predicted molar refractivity (Wildman–Crippen MR) is 96.6 cm³/mol. The van der Waals surface area contributed by atoms with Crippen molar-refractivity contribution in [1.82, 2.24) is 9.55 Å². The highest BCUT2D eigenvalue weighted by Crippen LogP contribution is 2.36. The van der Waals surface area contributed by atoms with Crippen molar-refractivity contribution in [3.05, 3.63) is 77.2 Å². The molecular weight excluding hydrogens is 399 g/mol. The maximum atomic E-state index is 12.8. The molecule has 0 fully saturated rings. The summed E-state index contributed by atoms with van der Waals surface area (Å²) in [5, 5.41) is 0. The first-order chi connectivity index (χ1) is 12.5. The van der Waals surface area contributed by atoms with Crippen LogP contribution < -0.4 is 0 Å². The van der Waals surface area contributed by atoms with E-state index in [1.807, 2.05) is 0 Å². The topological polar surface area (TPSA) is 82.2 Å². The maximum Gasteiger partial charge on any atom is 0.236 e. The van der Waals surface area contributed by atoms with E-state index >= 15 is 0 Å². The summed E-state index contributed by atoms with van der Waals surface area (Å²) < 4.78 is 7.29. The molecule has 26 heavy (non-hydrogen) atoms. The van der Waals surface area contributed by atoms with Gasteiger partial charge < -0.3 is 8.98 Å². The van der Waals surface area contributed by atoms with E-state index in [9.17, 15) is 14.4 Å². The zero-order valence-electron chi connectivity index (χ0n) is 13.1. The second-order valence-corrected chi connectivity index (χ2v) is 6.38. The van der Waals surface area contributed by atoms with Gasteiger partial charge in [-0.2, -0.15) is 0 Å². The lowest BCUT2D eigenvalue weighted by Crippen LogP contribution is -2.24. The molecule has 3 aromatic rings. The number of furan rings is 1. The maximum absolute atomic E-state index is 12.8. The minimum atomic E-state index is -0.865. The van der Waals surface area contributed by atoms with E-state index in [2.05, 4.69) is 20.9 Å². The van der Waals surface area contributed by atoms with Gasteiger partial charge in [0.25, 0.3) is 0 Å². The van der Waals surface area contributed by atoms with Gasteiger partial charge in [-0.3, -0.25) is 14.4 Å². The molecule has 0 N–H and O–H groups in total. The van der Waals surface area contributed by atoms with Gasteiger partial charge in [0.15, 0.2) is 11.5 Å². The number of nitrogens with zero attached hydrogens (tertiary/aromatic N) is 2. The van der Waals surface area contributed by atoms with Gasteiger partial charge in [0, 0.05) is 23.6 Å². The Morgan fingerprint density at radius 2 is 1.88 bits per heavy atom. The molecular formula is C18H8BBrN2O4. The van der Waals surface area contributed by atoms with Crippen LogP contribution in [0.3, 0.4) is 0 Å². The molecule has 124 valence electrons. The average molecular weight is 407 g/mol. The molecule has 2 heterocycles. The monoisotopic (exact) mass is 406 g/mol. The Morgan fingerprint density at radius 3 is 2.54 bits per heavy atom. The molecule has 0 amide bonds. The zero-order chi connectivity index (χ0) is 18.4. The highest BCUT2D eigenvalue weighted by Gasteiger charge is 2.36. The molecule has 2 radical (unpaired) electrons. The molecule has 0 unspecified atom stereocenters. The van der Waals surface area contributed by atoms with Crippen LogP contribution in [-0.4, -0.2) is 34.7 Å². The van der Waals surface area contributed by atoms with Gasteiger partial charge >= 0.3 is 0 Å². The highest BCUT2D eigenvalue weighted by atomic mass is 79.9. The van der Waals surface area contributed by atoms with Gasteiger partial charge in [0.05, 0.1) is 21.9 Å². The van der Waals surface area contributed by atoms with E-state index in [0.717, 1.165) is 5.69 Å². The van der Waals surface area contributed by atoms with Crippen molar-refractivity contribution in [2.24, 2.45) is 0 Å². The average Bonchev–Trinajstić information content (AvgIpc) is 3.34. The number of Topliss-reactive ketones (excluding diaryl/α,β-unsaturated/α-hetero) is 2. The lowest BCUT2D eigenvalue weighted by atomic mass is 9.81. The number of hydrogen-bond acceptors (Lipinski definition) is 5. The SMILES string of the molecule is [B]C1=C(Br)c2occ(C(=O)c3ccc(-n4ccnc4)cc3)c2C(=O)C1=O. The van der Waals surface area contributed by atoms with E-state index in [0.29, 0.717) is 5.56 Å². The van der Waals surface area contributed by atoms with E-state index in [-0.39, 0.29) is 26.8 Å². The van der Waals surface area contributed by atoms with Crippen LogP contribution in [0, 0.1) is 0 Å². The Bertz CT molecular complexity index is 1090. The molecule has 8 heteroatoms. The van der Waals surface area contributed by atoms with Gasteiger partial charge in [-0.1, -0.05) is 0 Å². The van der Waals surface area contributed by atoms with Gasteiger partial charge in [0.2, 0.25) is 11.6 Å². The van der Waals surface area contributed by atoms with Crippen LogP contribution in [-0.2, 0) is 4.79 Å². The summed E-state index contributed by atoms with van der Waals surface area (Å²) in [6.45, 7) is 0. The quantitative estimate of drug-likeness (QED) is 0.379. The summed E-state index contributed by atoms with van der Waals surface area (Å²) in [7, 11) is 5.60. The van der Waals surface area contributed by atoms with Crippen LogP contribution in [0.5, 0.6) is 0 Å². The van der Waals surface area contributed by atoms with Crippen molar-refractivity contribution in [3.8, 4) is 5.69 Å². The number of imidazole rings is 1. The second kappa shape index (κ2) is 6.07. The Hall–Kier alpha value is -3.00. The number of halogens is 1. The second-order valence-electron chi connectivity index (χ2n) is 5.59. The van der Waals surface area contributed by atoms with Crippen LogP contribution in [0.15, 0.2) is 59.1 Å². The molecule has 0 spiro atoms. The van der Waals surface area contributed by atoms with Crippen LogP contribution >= 0.6 is 15.9 Å².